The molecule has 10 nitrogen and oxygen atoms in total. The van der Waals surface area contributed by atoms with Crippen LogP contribution in [0.1, 0.15) is 12.5 Å². The van der Waals surface area contributed by atoms with Crippen LogP contribution >= 0.6 is 0 Å². The van der Waals surface area contributed by atoms with Crippen LogP contribution < -0.4 is 15.4 Å². The summed E-state index contributed by atoms with van der Waals surface area (Å²) in [6, 6.07) is 12.1. The fraction of sp³-hybridized carbons (Fsp3) is 0.227. The van der Waals surface area contributed by atoms with Crippen LogP contribution in [0.15, 0.2) is 65.7 Å². The van der Waals surface area contributed by atoms with E-state index in [4.69, 9.17) is 4.74 Å². The van der Waals surface area contributed by atoms with Crippen LogP contribution in [0, 0.1) is 0 Å². The molecule has 2 aromatic carbocycles. The van der Waals surface area contributed by atoms with E-state index in [2.05, 4.69) is 21.9 Å². The van der Waals surface area contributed by atoms with E-state index in [1.165, 1.54) is 38.3 Å². The Balaban J connectivity index is 2.42. The lowest BCUT2D eigenvalue weighted by atomic mass is 10.1. The minimum absolute atomic E-state index is 0.0967. The zero-order valence-corrected chi connectivity index (χ0v) is 19.3. The Labute approximate surface area is 192 Å². The number of rotatable bonds is 10. The highest BCUT2D eigenvalue weighted by Gasteiger charge is 2.30. The molecule has 2 N–H and O–H groups in total. The highest BCUT2D eigenvalue weighted by Crippen LogP contribution is 2.27. The number of nitrogens with zero attached hydrogens (tertiary/aromatic N) is 1. The van der Waals surface area contributed by atoms with Crippen LogP contribution in [0.5, 0.6) is 5.75 Å². The fourth-order valence-corrected chi connectivity index (χ4v) is 4.16. The van der Waals surface area contributed by atoms with Crippen molar-refractivity contribution in [1.29, 1.82) is 0 Å². The highest BCUT2D eigenvalue weighted by molar-refractivity contribution is 7.89. The van der Waals surface area contributed by atoms with Gasteiger partial charge in [-0.05, 0) is 35.9 Å². The molecule has 11 heteroatoms. The number of methoxy groups -OCH3 is 2. The maximum Gasteiger partial charge on any atom is 0.354 e. The summed E-state index contributed by atoms with van der Waals surface area (Å²) in [6.45, 7) is 4.30. The molecule has 0 atom stereocenters. The number of hydrogen-bond donors (Lipinski definition) is 2. The Hall–Kier alpha value is -3.86. The fourth-order valence-electron chi connectivity index (χ4n) is 2.75. The first kappa shape index (κ1) is 25.4. The highest BCUT2D eigenvalue weighted by atomic mass is 32.2. The normalized spacial score (nSPS) is 10.6. The van der Waals surface area contributed by atoms with E-state index in [0.29, 0.717) is 17.0 Å². The third kappa shape index (κ3) is 6.56. The number of anilines is 1. The molecular formula is C22H25N3O7S. The van der Waals surface area contributed by atoms with E-state index in [0.717, 1.165) is 11.4 Å². The van der Waals surface area contributed by atoms with Crippen molar-refractivity contribution < 1.29 is 32.3 Å². The molecule has 0 aromatic heterocycles. The topological polar surface area (TPSA) is 131 Å². The standard InChI is InChI=1S/C22H25N3O7S/c1-15(22(28)32-4)25(33(29,30)19-11-9-18(31-3)10-12-19)14-17-7-5-6-8-20(17)24-21(27)13-23-16(2)26/h5-12H,1,13-14H2,2-4H3,(H,23,26)(H,24,27). The Morgan fingerprint density at radius 1 is 1.03 bits per heavy atom. The first-order valence-electron chi connectivity index (χ1n) is 9.66. The summed E-state index contributed by atoms with van der Waals surface area (Å²) in [5.41, 5.74) is 0.281. The second kappa shape index (κ2) is 11.1. The molecule has 0 bridgehead atoms. The second-order valence-corrected chi connectivity index (χ2v) is 8.60. The molecule has 0 spiro atoms. The van der Waals surface area contributed by atoms with E-state index in [9.17, 15) is 22.8 Å². The summed E-state index contributed by atoms with van der Waals surface area (Å²) in [6.07, 6.45) is 0. The molecule has 2 amide bonds. The SMILES string of the molecule is C=C(C(=O)OC)N(Cc1ccccc1NC(=O)CNC(C)=O)S(=O)(=O)c1ccc(OC)cc1. The molecule has 0 aliphatic carbocycles. The number of hydrogen-bond acceptors (Lipinski definition) is 7. The van der Waals surface area contributed by atoms with Crippen molar-refractivity contribution in [2.45, 2.75) is 18.4 Å². The maximum atomic E-state index is 13.4. The summed E-state index contributed by atoms with van der Waals surface area (Å²) < 4.78 is 37.3. The van der Waals surface area contributed by atoms with Gasteiger partial charge in [-0.25, -0.2) is 13.2 Å². The van der Waals surface area contributed by atoms with E-state index in [1.807, 2.05) is 0 Å². The predicted octanol–water partition coefficient (Wildman–Crippen LogP) is 1.65. The molecular weight excluding hydrogens is 450 g/mol. The lowest BCUT2D eigenvalue weighted by molar-refractivity contribution is -0.137. The molecule has 0 heterocycles. The zero-order chi connectivity index (χ0) is 24.6. The van der Waals surface area contributed by atoms with Gasteiger partial charge in [-0.1, -0.05) is 24.8 Å². The van der Waals surface area contributed by atoms with Crippen molar-refractivity contribution in [2.75, 3.05) is 26.1 Å². The number of sulfonamides is 1. The number of benzene rings is 2. The van der Waals surface area contributed by atoms with Crippen LogP contribution in [-0.2, 0) is 35.7 Å². The Kier molecular flexibility index (Phi) is 8.57. The number of carbonyl (C=O) groups is 3. The van der Waals surface area contributed by atoms with Gasteiger partial charge in [0.2, 0.25) is 11.8 Å². The second-order valence-electron chi connectivity index (χ2n) is 6.74. The van der Waals surface area contributed by atoms with Crippen molar-refractivity contribution in [3.05, 3.63) is 66.4 Å². The lowest BCUT2D eigenvalue weighted by Crippen LogP contribution is -2.34. The number of carbonyl (C=O) groups excluding carboxylic acids is 3. The van der Waals surface area contributed by atoms with Gasteiger partial charge in [0.15, 0.2) is 0 Å². The van der Waals surface area contributed by atoms with Gasteiger partial charge in [-0.15, -0.1) is 0 Å². The predicted molar refractivity (Wildman–Crippen MR) is 121 cm³/mol. The average molecular weight is 476 g/mol. The molecule has 2 aromatic rings. The molecule has 0 radical (unpaired) electrons. The van der Waals surface area contributed by atoms with Gasteiger partial charge in [-0.2, -0.15) is 0 Å². The van der Waals surface area contributed by atoms with Gasteiger partial charge in [0.05, 0.1) is 32.2 Å². The van der Waals surface area contributed by atoms with Crippen LogP contribution in [0.25, 0.3) is 0 Å². The summed E-state index contributed by atoms with van der Waals surface area (Å²) >= 11 is 0. The third-order valence-electron chi connectivity index (χ3n) is 4.47. The zero-order valence-electron chi connectivity index (χ0n) is 18.5. The van der Waals surface area contributed by atoms with Crippen molar-refractivity contribution in [2.24, 2.45) is 0 Å². The Bertz CT molecular complexity index is 1140. The molecule has 0 unspecified atom stereocenters. The lowest BCUT2D eigenvalue weighted by Gasteiger charge is -2.26. The van der Waals surface area contributed by atoms with Crippen LogP contribution in [-0.4, -0.2) is 51.3 Å². The van der Waals surface area contributed by atoms with Crippen molar-refractivity contribution in [3.63, 3.8) is 0 Å². The summed E-state index contributed by atoms with van der Waals surface area (Å²) in [5.74, 6) is -1.35. The van der Waals surface area contributed by atoms with Gasteiger partial charge < -0.3 is 20.1 Å². The molecule has 0 aliphatic rings. The van der Waals surface area contributed by atoms with Gasteiger partial charge in [0.1, 0.15) is 11.4 Å². The van der Waals surface area contributed by atoms with Gasteiger partial charge in [-0.3, -0.25) is 13.9 Å². The Morgan fingerprint density at radius 3 is 2.24 bits per heavy atom. The van der Waals surface area contributed by atoms with E-state index in [-0.39, 0.29) is 23.9 Å². The molecule has 33 heavy (non-hydrogen) atoms. The molecule has 0 saturated carbocycles. The molecule has 176 valence electrons. The number of para-hydroxylation sites is 1. The first-order chi connectivity index (χ1) is 15.6. The molecule has 2 rings (SSSR count). The maximum absolute atomic E-state index is 13.4. The molecule has 0 fully saturated rings. The summed E-state index contributed by atoms with van der Waals surface area (Å²) in [7, 11) is -1.67. The number of esters is 1. The van der Waals surface area contributed by atoms with Gasteiger partial charge in [0, 0.05) is 12.6 Å². The average Bonchev–Trinajstić information content (AvgIpc) is 2.81. The molecule has 0 aliphatic heterocycles. The largest absolute Gasteiger partial charge is 0.497 e. The third-order valence-corrected chi connectivity index (χ3v) is 6.27. The van der Waals surface area contributed by atoms with Crippen LogP contribution in [0.3, 0.4) is 0 Å². The van der Waals surface area contributed by atoms with Crippen LogP contribution in [0.4, 0.5) is 5.69 Å². The van der Waals surface area contributed by atoms with Gasteiger partial charge >= 0.3 is 5.97 Å². The monoisotopic (exact) mass is 475 g/mol. The minimum Gasteiger partial charge on any atom is -0.497 e. The minimum atomic E-state index is -4.24. The van der Waals surface area contributed by atoms with E-state index < -0.39 is 27.6 Å². The number of amides is 2. The smallest absolute Gasteiger partial charge is 0.354 e. The van der Waals surface area contributed by atoms with E-state index in [1.54, 1.807) is 24.3 Å². The van der Waals surface area contributed by atoms with Crippen molar-refractivity contribution in [1.82, 2.24) is 9.62 Å². The van der Waals surface area contributed by atoms with Crippen molar-refractivity contribution in [3.8, 4) is 5.75 Å². The summed E-state index contributed by atoms with van der Waals surface area (Å²) in [4.78, 5) is 35.3. The Morgan fingerprint density at radius 2 is 1.67 bits per heavy atom. The quantitative estimate of drug-likeness (QED) is 0.395. The number of nitrogens with one attached hydrogen (secondary N) is 2. The van der Waals surface area contributed by atoms with E-state index >= 15 is 0 Å². The summed E-state index contributed by atoms with van der Waals surface area (Å²) in [5, 5.41) is 5.00. The first-order valence-corrected chi connectivity index (χ1v) is 11.1. The van der Waals surface area contributed by atoms with Crippen LogP contribution in [0.2, 0.25) is 0 Å². The molecule has 0 saturated heterocycles. The van der Waals surface area contributed by atoms with Crippen molar-refractivity contribution >= 4 is 33.5 Å². The van der Waals surface area contributed by atoms with Gasteiger partial charge in [0.25, 0.3) is 10.0 Å². The number of ether oxygens (including phenoxy) is 2.